The molecule has 138 valence electrons. The molecule has 1 aromatic heterocycles. The Bertz CT molecular complexity index is 1430. The first-order chi connectivity index (χ1) is 14.2. The van der Waals surface area contributed by atoms with Gasteiger partial charge in [0, 0.05) is 17.1 Å². The van der Waals surface area contributed by atoms with Gasteiger partial charge in [0.15, 0.2) is 0 Å². The van der Waals surface area contributed by atoms with Gasteiger partial charge in [0.2, 0.25) is 0 Å². The summed E-state index contributed by atoms with van der Waals surface area (Å²) in [6.07, 6.45) is 7.42. The van der Waals surface area contributed by atoms with E-state index < -0.39 is 0 Å². The molecule has 0 spiro atoms. The summed E-state index contributed by atoms with van der Waals surface area (Å²) in [6.45, 7) is 3.76. The number of anilines is 1. The number of pyridine rings is 1. The van der Waals surface area contributed by atoms with Crippen molar-refractivity contribution in [1.82, 2.24) is 4.98 Å². The molecule has 0 aliphatic carbocycles. The molecule has 2 N–H and O–H groups in total. The van der Waals surface area contributed by atoms with Crippen LogP contribution in [0.2, 0.25) is 0 Å². The van der Waals surface area contributed by atoms with Gasteiger partial charge in [0.1, 0.15) is 0 Å². The van der Waals surface area contributed by atoms with Crippen LogP contribution in [0, 0.1) is 0 Å². The van der Waals surface area contributed by atoms with E-state index in [9.17, 15) is 0 Å². The molecule has 1 heterocycles. The van der Waals surface area contributed by atoms with Crippen molar-refractivity contribution in [3.63, 3.8) is 0 Å². The lowest BCUT2D eigenvalue weighted by atomic mass is 9.94. The number of benzene rings is 4. The van der Waals surface area contributed by atoms with Gasteiger partial charge in [-0.2, -0.15) is 0 Å². The van der Waals surface area contributed by atoms with Crippen molar-refractivity contribution in [2.24, 2.45) is 0 Å². The van der Waals surface area contributed by atoms with E-state index in [0.29, 0.717) is 5.69 Å². The lowest BCUT2D eigenvalue weighted by Gasteiger charge is -2.13. The molecular weight excluding hydrogens is 352 g/mol. The van der Waals surface area contributed by atoms with Crippen molar-refractivity contribution in [2.45, 2.75) is 0 Å². The number of allylic oxidation sites excluding steroid dienone is 2. The number of nitrogens with two attached hydrogens (primary N) is 1. The minimum Gasteiger partial charge on any atom is -0.396 e. The molecule has 0 saturated heterocycles. The summed E-state index contributed by atoms with van der Waals surface area (Å²) >= 11 is 0. The monoisotopic (exact) mass is 372 g/mol. The van der Waals surface area contributed by atoms with Crippen LogP contribution in [0.5, 0.6) is 0 Å². The van der Waals surface area contributed by atoms with Gasteiger partial charge in [-0.1, -0.05) is 67.3 Å². The van der Waals surface area contributed by atoms with E-state index in [1.807, 2.05) is 18.2 Å². The maximum Gasteiger partial charge on any atom is 0.0943 e. The number of nitrogens with zero attached hydrogens (tertiary/aromatic N) is 1. The number of hydrogen-bond acceptors (Lipinski definition) is 2. The van der Waals surface area contributed by atoms with Gasteiger partial charge >= 0.3 is 0 Å². The highest BCUT2D eigenvalue weighted by atomic mass is 14.7. The highest BCUT2D eigenvalue weighted by Gasteiger charge is 2.11. The SMILES string of the molecule is C=C/C=C\c1cc(-c2ccc3cc4ccccc4cc3c2)c2cccnc2c1N. The van der Waals surface area contributed by atoms with E-state index >= 15 is 0 Å². The summed E-state index contributed by atoms with van der Waals surface area (Å²) in [7, 11) is 0. The van der Waals surface area contributed by atoms with Crippen molar-refractivity contribution in [3.8, 4) is 11.1 Å². The molecule has 5 rings (SSSR count). The third-order valence-electron chi connectivity index (χ3n) is 5.39. The summed E-state index contributed by atoms with van der Waals surface area (Å²) in [5.74, 6) is 0. The summed E-state index contributed by atoms with van der Waals surface area (Å²) in [4.78, 5) is 4.55. The van der Waals surface area contributed by atoms with Crippen molar-refractivity contribution < 1.29 is 0 Å². The zero-order valence-electron chi connectivity index (χ0n) is 16.0. The lowest BCUT2D eigenvalue weighted by Crippen LogP contribution is -1.95. The molecule has 0 fully saturated rings. The maximum atomic E-state index is 6.41. The Hall–Kier alpha value is -3.91. The van der Waals surface area contributed by atoms with Gasteiger partial charge in [-0.25, -0.2) is 0 Å². The molecule has 0 aliphatic heterocycles. The largest absolute Gasteiger partial charge is 0.396 e. The quantitative estimate of drug-likeness (QED) is 0.211. The lowest BCUT2D eigenvalue weighted by molar-refractivity contribution is 1.41. The fourth-order valence-electron chi connectivity index (χ4n) is 3.94. The maximum absolute atomic E-state index is 6.41. The second-order valence-electron chi connectivity index (χ2n) is 7.18. The van der Waals surface area contributed by atoms with Gasteiger partial charge in [0.05, 0.1) is 11.2 Å². The Morgan fingerprint density at radius 2 is 1.55 bits per heavy atom. The first kappa shape index (κ1) is 17.2. The highest BCUT2D eigenvalue weighted by molar-refractivity contribution is 6.06. The van der Waals surface area contributed by atoms with E-state index in [1.165, 1.54) is 21.5 Å². The number of aromatic nitrogens is 1. The topological polar surface area (TPSA) is 38.9 Å². The molecule has 2 nitrogen and oxygen atoms in total. The van der Waals surface area contributed by atoms with Crippen molar-refractivity contribution in [3.05, 3.63) is 103 Å². The smallest absolute Gasteiger partial charge is 0.0943 e. The molecule has 4 aromatic carbocycles. The Morgan fingerprint density at radius 1 is 0.793 bits per heavy atom. The normalized spacial score (nSPS) is 11.6. The molecule has 29 heavy (non-hydrogen) atoms. The third-order valence-corrected chi connectivity index (χ3v) is 5.39. The van der Waals surface area contributed by atoms with Crippen LogP contribution in [-0.4, -0.2) is 4.98 Å². The Labute approximate surface area is 169 Å². The van der Waals surface area contributed by atoms with E-state index in [4.69, 9.17) is 5.73 Å². The Kier molecular flexibility index (Phi) is 4.10. The predicted octanol–water partition coefficient (Wildman–Crippen LogP) is 6.99. The van der Waals surface area contributed by atoms with E-state index in [-0.39, 0.29) is 0 Å². The van der Waals surface area contributed by atoms with Crippen LogP contribution in [0.3, 0.4) is 0 Å². The zero-order chi connectivity index (χ0) is 19.8. The van der Waals surface area contributed by atoms with E-state index in [0.717, 1.165) is 27.6 Å². The molecular formula is C27H20N2. The third kappa shape index (κ3) is 2.95. The van der Waals surface area contributed by atoms with Gasteiger partial charge in [0.25, 0.3) is 0 Å². The molecule has 0 atom stereocenters. The van der Waals surface area contributed by atoms with Crippen molar-refractivity contribution in [2.75, 3.05) is 5.73 Å². The number of fused-ring (bicyclic) bond motifs is 3. The number of nitrogen functional groups attached to an aromatic ring is 1. The van der Waals surface area contributed by atoms with Gasteiger partial charge < -0.3 is 5.73 Å². The van der Waals surface area contributed by atoms with Gasteiger partial charge in [-0.3, -0.25) is 4.98 Å². The molecule has 5 aromatic rings. The van der Waals surface area contributed by atoms with Crippen molar-refractivity contribution >= 4 is 44.2 Å². The van der Waals surface area contributed by atoms with Crippen LogP contribution >= 0.6 is 0 Å². The number of hydrogen-bond donors (Lipinski definition) is 1. The zero-order valence-corrected chi connectivity index (χ0v) is 16.0. The average molecular weight is 372 g/mol. The Morgan fingerprint density at radius 3 is 2.34 bits per heavy atom. The second-order valence-corrected chi connectivity index (χ2v) is 7.18. The summed E-state index contributed by atoms with van der Waals surface area (Å²) in [5, 5.41) is 6.01. The number of rotatable bonds is 3. The van der Waals surface area contributed by atoms with Crippen LogP contribution in [0.15, 0.2) is 97.7 Å². The fraction of sp³-hybridized carbons (Fsp3) is 0. The molecule has 0 unspecified atom stereocenters. The summed E-state index contributed by atoms with van der Waals surface area (Å²) < 4.78 is 0. The molecule has 2 heteroatoms. The van der Waals surface area contributed by atoms with Crippen molar-refractivity contribution in [1.29, 1.82) is 0 Å². The molecule has 0 radical (unpaired) electrons. The van der Waals surface area contributed by atoms with Crippen LogP contribution in [-0.2, 0) is 0 Å². The minimum atomic E-state index is 0.689. The summed E-state index contributed by atoms with van der Waals surface area (Å²) in [5.41, 5.74) is 11.2. The second kappa shape index (κ2) is 6.92. The molecule has 0 bridgehead atoms. The minimum absolute atomic E-state index is 0.689. The van der Waals surface area contributed by atoms with Crippen LogP contribution < -0.4 is 5.73 Å². The van der Waals surface area contributed by atoms with Gasteiger partial charge in [-0.15, -0.1) is 0 Å². The first-order valence-corrected chi connectivity index (χ1v) is 9.64. The Balaban J connectivity index is 1.79. The molecule has 0 amide bonds. The molecule has 0 saturated carbocycles. The predicted molar refractivity (Wildman–Crippen MR) is 126 cm³/mol. The van der Waals surface area contributed by atoms with Crippen LogP contribution in [0.25, 0.3) is 49.7 Å². The summed E-state index contributed by atoms with van der Waals surface area (Å²) in [6, 6.07) is 25.8. The standard InChI is InChI=1S/C27H20N2/c1-2-3-7-22-17-25(24-10-6-13-29-27(24)26(22)28)21-12-11-20-14-18-8-4-5-9-19(18)15-23(20)16-21/h2-17H,1,28H2/b7-3-. The van der Waals surface area contributed by atoms with E-state index in [1.54, 1.807) is 12.3 Å². The highest BCUT2D eigenvalue weighted by Crippen LogP contribution is 2.36. The van der Waals surface area contributed by atoms with Crippen LogP contribution in [0.4, 0.5) is 5.69 Å². The fourth-order valence-corrected chi connectivity index (χ4v) is 3.94. The first-order valence-electron chi connectivity index (χ1n) is 9.64. The molecule has 0 aliphatic rings. The van der Waals surface area contributed by atoms with Crippen LogP contribution in [0.1, 0.15) is 5.56 Å². The van der Waals surface area contributed by atoms with E-state index in [2.05, 4.69) is 78.3 Å². The average Bonchev–Trinajstić information content (AvgIpc) is 2.77. The van der Waals surface area contributed by atoms with Gasteiger partial charge in [-0.05, 0) is 63.0 Å².